The van der Waals surface area contributed by atoms with Gasteiger partial charge in [0.2, 0.25) is 0 Å². The topological polar surface area (TPSA) is 112 Å². The van der Waals surface area contributed by atoms with Crippen molar-refractivity contribution >= 4 is 23.0 Å². The van der Waals surface area contributed by atoms with Gasteiger partial charge in [0.1, 0.15) is 24.6 Å². The quantitative estimate of drug-likeness (QED) is 0.691. The smallest absolute Gasteiger partial charge is 0.308 e. The van der Waals surface area contributed by atoms with Crippen molar-refractivity contribution in [2.45, 2.75) is 51.3 Å². The molecule has 4 rings (SSSR count). The number of carbonyl (C=O) groups is 1. The number of hydrogen-bond acceptors (Lipinski definition) is 9. The van der Waals surface area contributed by atoms with Gasteiger partial charge in [0.05, 0.1) is 25.5 Å². The molecule has 2 aromatic rings. The molecule has 0 amide bonds. The molecule has 10 nitrogen and oxygen atoms in total. The fourth-order valence-electron chi connectivity index (χ4n) is 3.85. The van der Waals surface area contributed by atoms with Crippen molar-refractivity contribution in [3.63, 3.8) is 0 Å². The van der Waals surface area contributed by atoms with E-state index in [9.17, 15) is 9.90 Å². The van der Waals surface area contributed by atoms with Gasteiger partial charge in [-0.15, -0.1) is 0 Å². The van der Waals surface area contributed by atoms with Crippen LogP contribution in [0.15, 0.2) is 12.7 Å². The van der Waals surface area contributed by atoms with Gasteiger partial charge in [-0.05, 0) is 13.8 Å². The summed E-state index contributed by atoms with van der Waals surface area (Å²) < 4.78 is 33.8. The summed E-state index contributed by atoms with van der Waals surface area (Å²) in [6.07, 6.45) is 0.552. The number of carbonyl (C=O) groups excluding carboxylic acids is 1. The number of aromatic nitrogens is 4. The van der Waals surface area contributed by atoms with Crippen molar-refractivity contribution in [1.82, 2.24) is 19.5 Å². The molecule has 0 aromatic carbocycles. The maximum absolute atomic E-state index is 15.9. The summed E-state index contributed by atoms with van der Waals surface area (Å²) >= 11 is 0. The van der Waals surface area contributed by atoms with E-state index in [1.807, 2.05) is 4.90 Å². The van der Waals surface area contributed by atoms with Crippen molar-refractivity contribution < 1.29 is 28.5 Å². The van der Waals surface area contributed by atoms with Crippen LogP contribution in [0, 0.1) is 5.92 Å². The molecule has 0 bridgehead atoms. The molecule has 2 aromatic heterocycles. The third kappa shape index (κ3) is 3.64. The maximum Gasteiger partial charge on any atom is 0.308 e. The molecular weight excluding hydrogens is 409 g/mol. The van der Waals surface area contributed by atoms with Crippen LogP contribution in [-0.4, -0.2) is 80.9 Å². The minimum atomic E-state index is -2.21. The molecule has 2 aliphatic rings. The Hall–Kier alpha value is -2.37. The number of aliphatic hydroxyl groups is 1. The van der Waals surface area contributed by atoms with Crippen LogP contribution in [0.2, 0.25) is 0 Å². The normalized spacial score (nSPS) is 31.5. The predicted octanol–water partition coefficient (Wildman–Crippen LogP) is 1.24. The van der Waals surface area contributed by atoms with E-state index in [1.165, 1.54) is 31.1 Å². The Labute approximate surface area is 179 Å². The Balaban J connectivity index is 1.65. The standard InChI is InChI=1S/C20H28FN5O5/c1-12(2)17(27)30-9-13-20(4,28)19(3,21)18(31-13)26-11-24-14-15(22-10-23-16(14)26)25-5-7-29-8-6-25/h10-13,18,28H,5-9H2,1-4H3/t13-,18+,19+,20+/m1/s1. The van der Waals surface area contributed by atoms with E-state index in [4.69, 9.17) is 14.2 Å². The number of ether oxygens (including phenoxy) is 3. The number of alkyl halides is 1. The first-order chi connectivity index (χ1) is 14.6. The molecule has 31 heavy (non-hydrogen) atoms. The molecule has 4 heterocycles. The highest BCUT2D eigenvalue weighted by molar-refractivity contribution is 5.83. The zero-order valence-corrected chi connectivity index (χ0v) is 18.1. The molecule has 1 N–H and O–H groups in total. The van der Waals surface area contributed by atoms with Gasteiger partial charge in [0.15, 0.2) is 28.9 Å². The highest BCUT2D eigenvalue weighted by atomic mass is 19.1. The summed E-state index contributed by atoms with van der Waals surface area (Å²) in [6, 6.07) is 0. The van der Waals surface area contributed by atoms with Crippen molar-refractivity contribution in [2.75, 3.05) is 37.8 Å². The van der Waals surface area contributed by atoms with Gasteiger partial charge in [0, 0.05) is 13.1 Å². The molecule has 4 atom stereocenters. The average molecular weight is 437 g/mol. The summed E-state index contributed by atoms with van der Waals surface area (Å²) in [4.78, 5) is 27.0. The SMILES string of the molecule is CC(C)C(=O)OC[C@H]1O[C@H](n2cnc3c(N4CCOCC4)ncnc32)[C@](C)(F)[C@@]1(C)O. The van der Waals surface area contributed by atoms with E-state index in [-0.39, 0.29) is 12.5 Å². The lowest BCUT2D eigenvalue weighted by Crippen LogP contribution is -2.52. The molecule has 11 heteroatoms. The fraction of sp³-hybridized carbons (Fsp3) is 0.700. The predicted molar refractivity (Wildman–Crippen MR) is 108 cm³/mol. The Bertz CT molecular complexity index is 957. The van der Waals surface area contributed by atoms with Crippen LogP contribution >= 0.6 is 0 Å². The highest BCUT2D eigenvalue weighted by Gasteiger charge is 2.63. The first kappa shape index (κ1) is 21.8. The van der Waals surface area contributed by atoms with Gasteiger partial charge in [-0.25, -0.2) is 19.3 Å². The van der Waals surface area contributed by atoms with E-state index in [2.05, 4.69) is 15.0 Å². The van der Waals surface area contributed by atoms with Crippen molar-refractivity contribution in [2.24, 2.45) is 5.92 Å². The second kappa shape index (κ2) is 7.95. The lowest BCUT2D eigenvalue weighted by Gasteiger charge is -2.33. The van der Waals surface area contributed by atoms with E-state index < -0.39 is 29.6 Å². The van der Waals surface area contributed by atoms with Crippen molar-refractivity contribution in [1.29, 1.82) is 0 Å². The number of hydrogen-bond donors (Lipinski definition) is 1. The third-order valence-electron chi connectivity index (χ3n) is 6.12. The molecule has 0 saturated carbocycles. The van der Waals surface area contributed by atoms with Crippen LogP contribution < -0.4 is 4.90 Å². The molecule has 2 aliphatic heterocycles. The molecule has 0 aliphatic carbocycles. The molecule has 2 fully saturated rings. The minimum absolute atomic E-state index is 0.263. The second-order valence-electron chi connectivity index (χ2n) is 8.61. The number of fused-ring (bicyclic) bond motifs is 1. The largest absolute Gasteiger partial charge is 0.463 e. The fourth-order valence-corrected chi connectivity index (χ4v) is 3.85. The van der Waals surface area contributed by atoms with Crippen molar-refractivity contribution in [3.8, 4) is 0 Å². The first-order valence-corrected chi connectivity index (χ1v) is 10.4. The van der Waals surface area contributed by atoms with E-state index in [0.717, 1.165) is 0 Å². The van der Waals surface area contributed by atoms with Gasteiger partial charge in [-0.2, -0.15) is 0 Å². The number of halogens is 1. The molecule has 0 unspecified atom stereocenters. The van der Waals surface area contributed by atoms with Crippen LogP contribution in [0.5, 0.6) is 0 Å². The molecular formula is C20H28FN5O5. The highest BCUT2D eigenvalue weighted by Crippen LogP contribution is 2.49. The van der Waals surface area contributed by atoms with Crippen LogP contribution in [0.4, 0.5) is 10.2 Å². The lowest BCUT2D eigenvalue weighted by molar-refractivity contribution is -0.156. The molecule has 0 spiro atoms. The van der Waals surface area contributed by atoms with Crippen molar-refractivity contribution in [3.05, 3.63) is 12.7 Å². The Kier molecular flexibility index (Phi) is 5.61. The van der Waals surface area contributed by atoms with Crippen LogP contribution in [0.1, 0.15) is 33.9 Å². The van der Waals surface area contributed by atoms with Crippen LogP contribution in [-0.2, 0) is 19.0 Å². The number of nitrogens with zero attached hydrogens (tertiary/aromatic N) is 5. The summed E-state index contributed by atoms with van der Waals surface area (Å²) in [5, 5.41) is 11.0. The molecule has 170 valence electrons. The van der Waals surface area contributed by atoms with Gasteiger partial charge < -0.3 is 24.2 Å². The number of rotatable bonds is 5. The minimum Gasteiger partial charge on any atom is -0.463 e. The van der Waals surface area contributed by atoms with Crippen LogP contribution in [0.25, 0.3) is 11.2 Å². The average Bonchev–Trinajstić information content (AvgIpc) is 3.24. The molecule has 0 radical (unpaired) electrons. The monoisotopic (exact) mass is 437 g/mol. The number of anilines is 1. The number of imidazole rings is 1. The summed E-state index contributed by atoms with van der Waals surface area (Å²) in [5.74, 6) is -0.147. The zero-order chi connectivity index (χ0) is 22.4. The number of esters is 1. The maximum atomic E-state index is 15.9. The number of morpholine rings is 1. The molecule has 2 saturated heterocycles. The van der Waals surface area contributed by atoms with Crippen LogP contribution in [0.3, 0.4) is 0 Å². The first-order valence-electron chi connectivity index (χ1n) is 10.4. The van der Waals surface area contributed by atoms with E-state index in [0.29, 0.717) is 43.3 Å². The van der Waals surface area contributed by atoms with Gasteiger partial charge >= 0.3 is 5.97 Å². The van der Waals surface area contributed by atoms with E-state index >= 15 is 4.39 Å². The Morgan fingerprint density at radius 1 is 1.32 bits per heavy atom. The third-order valence-corrected chi connectivity index (χ3v) is 6.12. The Morgan fingerprint density at radius 2 is 2.03 bits per heavy atom. The zero-order valence-electron chi connectivity index (χ0n) is 18.1. The van der Waals surface area contributed by atoms with E-state index in [1.54, 1.807) is 13.8 Å². The summed E-state index contributed by atoms with van der Waals surface area (Å²) in [6.45, 7) is 8.23. The van der Waals surface area contributed by atoms with Gasteiger partial charge in [-0.3, -0.25) is 9.36 Å². The summed E-state index contributed by atoms with van der Waals surface area (Å²) in [5.41, 5.74) is -3.22. The summed E-state index contributed by atoms with van der Waals surface area (Å²) in [7, 11) is 0. The van der Waals surface area contributed by atoms with Gasteiger partial charge in [-0.1, -0.05) is 13.8 Å². The second-order valence-corrected chi connectivity index (χ2v) is 8.61. The van der Waals surface area contributed by atoms with Gasteiger partial charge in [0.25, 0.3) is 0 Å². The Morgan fingerprint density at radius 3 is 2.71 bits per heavy atom. The lowest BCUT2D eigenvalue weighted by atomic mass is 9.84.